The third-order valence-corrected chi connectivity index (χ3v) is 4.62. The van der Waals surface area contributed by atoms with Crippen LogP contribution in [0, 0.1) is 5.41 Å². The van der Waals surface area contributed by atoms with Crippen LogP contribution in [0.3, 0.4) is 0 Å². The molecule has 2 rings (SSSR count). The monoisotopic (exact) mass is 414 g/mol. The molecule has 0 unspecified atom stereocenters. The molecule has 0 aliphatic carbocycles. The number of hydrogen-bond acceptors (Lipinski definition) is 6. The molecule has 0 atom stereocenters. The fraction of sp³-hybridized carbons (Fsp3) is 0.417. The lowest BCUT2D eigenvalue weighted by Gasteiger charge is -2.20. The van der Waals surface area contributed by atoms with Crippen molar-refractivity contribution < 1.29 is 28.5 Å². The van der Waals surface area contributed by atoms with Crippen molar-refractivity contribution in [2.24, 2.45) is 5.41 Å². The molecule has 0 radical (unpaired) electrons. The van der Waals surface area contributed by atoms with Gasteiger partial charge in [0, 0.05) is 0 Å². The van der Waals surface area contributed by atoms with Gasteiger partial charge in [-0.1, -0.05) is 13.8 Å². The van der Waals surface area contributed by atoms with Gasteiger partial charge in [-0.15, -0.1) is 0 Å². The lowest BCUT2D eigenvalue weighted by atomic mass is 9.91. The molecule has 0 bridgehead atoms. The highest BCUT2D eigenvalue weighted by Gasteiger charge is 2.26. The molecule has 0 saturated carbocycles. The average Bonchev–Trinajstić information content (AvgIpc) is 2.76. The number of esters is 2. The molecule has 0 spiro atoms. The molecule has 0 heterocycles. The number of hydrogen-bond donors (Lipinski definition) is 0. The highest BCUT2D eigenvalue weighted by atomic mass is 16.6. The molecule has 0 amide bonds. The largest absolute Gasteiger partial charge is 0.494 e. The van der Waals surface area contributed by atoms with Crippen LogP contribution in [0.1, 0.15) is 50.9 Å². The van der Waals surface area contributed by atoms with Crippen LogP contribution in [0.25, 0.3) is 0 Å². The number of rotatable bonds is 11. The summed E-state index contributed by atoms with van der Waals surface area (Å²) < 4.78 is 21.7. The summed E-state index contributed by atoms with van der Waals surface area (Å²) in [6.45, 7) is 8.74. The SMILES string of the molecule is CCCOc1ccc(OC(=O)c2ccc(OCCOC(=O)C(C)(C)CC)cc2)cc1. The number of benzene rings is 2. The fourth-order valence-corrected chi connectivity index (χ4v) is 2.31. The summed E-state index contributed by atoms with van der Waals surface area (Å²) in [6.07, 6.45) is 1.64. The molecule has 0 fully saturated rings. The molecule has 2 aromatic carbocycles. The first-order chi connectivity index (χ1) is 14.4. The van der Waals surface area contributed by atoms with E-state index in [1.54, 1.807) is 48.5 Å². The van der Waals surface area contributed by atoms with E-state index in [9.17, 15) is 9.59 Å². The molecule has 0 aliphatic rings. The van der Waals surface area contributed by atoms with Gasteiger partial charge in [0.2, 0.25) is 0 Å². The molecule has 162 valence electrons. The van der Waals surface area contributed by atoms with Crippen LogP contribution >= 0.6 is 0 Å². The van der Waals surface area contributed by atoms with Crippen molar-refractivity contribution in [3.63, 3.8) is 0 Å². The van der Waals surface area contributed by atoms with Crippen LogP contribution in [0.2, 0.25) is 0 Å². The third-order valence-electron chi connectivity index (χ3n) is 4.62. The van der Waals surface area contributed by atoms with Gasteiger partial charge in [-0.05, 0) is 75.2 Å². The molecular weight excluding hydrogens is 384 g/mol. The van der Waals surface area contributed by atoms with Gasteiger partial charge in [0.25, 0.3) is 0 Å². The first kappa shape index (κ1) is 23.3. The Kier molecular flexibility index (Phi) is 8.71. The van der Waals surface area contributed by atoms with Crippen LogP contribution in [0.5, 0.6) is 17.2 Å². The maximum Gasteiger partial charge on any atom is 0.343 e. The molecule has 30 heavy (non-hydrogen) atoms. The number of carbonyl (C=O) groups is 2. The molecular formula is C24H30O6. The van der Waals surface area contributed by atoms with Crippen LogP contribution in [0.4, 0.5) is 0 Å². The van der Waals surface area contributed by atoms with E-state index in [4.69, 9.17) is 18.9 Å². The maximum absolute atomic E-state index is 12.3. The summed E-state index contributed by atoms with van der Waals surface area (Å²) in [5.74, 6) is 1.06. The lowest BCUT2D eigenvalue weighted by Crippen LogP contribution is -2.27. The third kappa shape index (κ3) is 7.10. The van der Waals surface area contributed by atoms with Crippen molar-refractivity contribution in [2.75, 3.05) is 19.8 Å². The van der Waals surface area contributed by atoms with E-state index < -0.39 is 11.4 Å². The van der Waals surface area contributed by atoms with E-state index in [1.165, 1.54) is 0 Å². The predicted molar refractivity (Wildman–Crippen MR) is 114 cm³/mol. The smallest absolute Gasteiger partial charge is 0.343 e. The van der Waals surface area contributed by atoms with Gasteiger partial charge in [0.1, 0.15) is 30.5 Å². The summed E-state index contributed by atoms with van der Waals surface area (Å²) >= 11 is 0. The highest BCUT2D eigenvalue weighted by molar-refractivity contribution is 5.91. The van der Waals surface area contributed by atoms with Crippen molar-refractivity contribution in [1.29, 1.82) is 0 Å². The van der Waals surface area contributed by atoms with E-state index in [0.717, 1.165) is 12.2 Å². The number of ether oxygens (including phenoxy) is 4. The summed E-state index contributed by atoms with van der Waals surface area (Å²) in [7, 11) is 0. The lowest BCUT2D eigenvalue weighted by molar-refractivity contribution is -0.154. The first-order valence-electron chi connectivity index (χ1n) is 10.2. The quantitative estimate of drug-likeness (QED) is 0.291. The second-order valence-corrected chi connectivity index (χ2v) is 7.46. The standard InChI is InChI=1S/C24H30O6/c1-5-15-27-20-11-13-21(14-12-20)30-22(25)18-7-9-19(10-8-18)28-16-17-29-23(26)24(3,4)6-2/h7-14H,5-6,15-17H2,1-4H3. The van der Waals surface area contributed by atoms with Gasteiger partial charge >= 0.3 is 11.9 Å². The van der Waals surface area contributed by atoms with Crippen molar-refractivity contribution in [3.8, 4) is 17.2 Å². The predicted octanol–water partition coefficient (Wildman–Crippen LogP) is 5.05. The van der Waals surface area contributed by atoms with E-state index in [1.807, 2.05) is 27.7 Å². The number of carbonyl (C=O) groups excluding carboxylic acids is 2. The minimum Gasteiger partial charge on any atom is -0.494 e. The summed E-state index contributed by atoms with van der Waals surface area (Å²) in [4.78, 5) is 24.2. The average molecular weight is 414 g/mol. The Hall–Kier alpha value is -3.02. The van der Waals surface area contributed by atoms with Crippen LogP contribution in [0.15, 0.2) is 48.5 Å². The van der Waals surface area contributed by atoms with Crippen LogP contribution in [-0.4, -0.2) is 31.8 Å². The van der Waals surface area contributed by atoms with E-state index in [-0.39, 0.29) is 19.2 Å². The van der Waals surface area contributed by atoms with Gasteiger partial charge in [0.15, 0.2) is 0 Å². The zero-order valence-corrected chi connectivity index (χ0v) is 18.1. The maximum atomic E-state index is 12.3. The highest BCUT2D eigenvalue weighted by Crippen LogP contribution is 2.22. The van der Waals surface area contributed by atoms with Crippen molar-refractivity contribution >= 4 is 11.9 Å². The van der Waals surface area contributed by atoms with Gasteiger partial charge in [-0.25, -0.2) is 4.79 Å². The van der Waals surface area contributed by atoms with E-state index >= 15 is 0 Å². The van der Waals surface area contributed by atoms with Gasteiger partial charge in [0.05, 0.1) is 17.6 Å². The van der Waals surface area contributed by atoms with Crippen molar-refractivity contribution in [2.45, 2.75) is 40.5 Å². The van der Waals surface area contributed by atoms with Gasteiger partial charge < -0.3 is 18.9 Å². The fourth-order valence-electron chi connectivity index (χ4n) is 2.31. The molecule has 0 aliphatic heterocycles. The molecule has 6 nitrogen and oxygen atoms in total. The molecule has 2 aromatic rings. The van der Waals surface area contributed by atoms with Gasteiger partial charge in [-0.2, -0.15) is 0 Å². The second-order valence-electron chi connectivity index (χ2n) is 7.46. The van der Waals surface area contributed by atoms with Crippen LogP contribution in [-0.2, 0) is 9.53 Å². The Morgan fingerprint density at radius 3 is 1.87 bits per heavy atom. The van der Waals surface area contributed by atoms with E-state index in [0.29, 0.717) is 30.1 Å². The first-order valence-corrected chi connectivity index (χ1v) is 10.2. The van der Waals surface area contributed by atoms with Crippen molar-refractivity contribution in [3.05, 3.63) is 54.1 Å². The second kappa shape index (κ2) is 11.2. The zero-order chi connectivity index (χ0) is 22.0. The molecule has 0 saturated heterocycles. The Morgan fingerprint density at radius 1 is 0.767 bits per heavy atom. The summed E-state index contributed by atoms with van der Waals surface area (Å²) in [6, 6.07) is 13.5. The van der Waals surface area contributed by atoms with Gasteiger partial charge in [-0.3, -0.25) is 4.79 Å². The van der Waals surface area contributed by atoms with E-state index in [2.05, 4.69) is 0 Å². The minimum absolute atomic E-state index is 0.171. The molecule has 0 aromatic heterocycles. The summed E-state index contributed by atoms with van der Waals surface area (Å²) in [5.41, 5.74) is -0.0880. The Bertz CT molecular complexity index is 809. The normalized spacial score (nSPS) is 10.9. The Morgan fingerprint density at radius 2 is 1.30 bits per heavy atom. The molecule has 0 N–H and O–H groups in total. The Balaban J connectivity index is 1.79. The zero-order valence-electron chi connectivity index (χ0n) is 18.1. The molecule has 6 heteroatoms. The van der Waals surface area contributed by atoms with Crippen LogP contribution < -0.4 is 14.2 Å². The topological polar surface area (TPSA) is 71.1 Å². The Labute approximate surface area is 178 Å². The van der Waals surface area contributed by atoms with Crippen molar-refractivity contribution in [1.82, 2.24) is 0 Å². The summed E-state index contributed by atoms with van der Waals surface area (Å²) in [5, 5.41) is 0. The minimum atomic E-state index is -0.495.